The van der Waals surface area contributed by atoms with Gasteiger partial charge < -0.3 is 15.8 Å². The molecule has 0 aliphatic heterocycles. The highest BCUT2D eigenvalue weighted by Gasteiger charge is 2.10. The van der Waals surface area contributed by atoms with Crippen molar-refractivity contribution < 1.29 is 5.21 Å². The zero-order valence-electron chi connectivity index (χ0n) is 10.1. The van der Waals surface area contributed by atoms with Crippen molar-refractivity contribution in [2.45, 2.75) is 13.5 Å². The lowest BCUT2D eigenvalue weighted by Gasteiger charge is -2.20. The molecule has 0 saturated heterocycles. The zero-order chi connectivity index (χ0) is 12.8. The molecule has 0 bridgehead atoms. The Labute approximate surface area is 107 Å². The molecule has 0 amide bonds. The van der Waals surface area contributed by atoms with Crippen molar-refractivity contribution in [3.05, 3.63) is 34.9 Å². The molecule has 4 nitrogen and oxygen atoms in total. The summed E-state index contributed by atoms with van der Waals surface area (Å²) >= 11 is 5.82. The first-order valence-corrected chi connectivity index (χ1v) is 5.81. The maximum atomic E-state index is 8.57. The van der Waals surface area contributed by atoms with E-state index in [2.05, 4.69) is 10.1 Å². The molecule has 94 valence electrons. The molecule has 0 radical (unpaired) electrons. The molecule has 1 atom stereocenters. The van der Waals surface area contributed by atoms with Crippen molar-refractivity contribution in [2.24, 2.45) is 16.8 Å². The number of oxime groups is 1. The summed E-state index contributed by atoms with van der Waals surface area (Å²) in [5, 5.41) is 12.3. The van der Waals surface area contributed by atoms with E-state index in [4.69, 9.17) is 22.5 Å². The second kappa shape index (κ2) is 6.47. The molecule has 0 aliphatic rings. The van der Waals surface area contributed by atoms with Crippen LogP contribution in [0.15, 0.2) is 29.4 Å². The normalized spacial score (nSPS) is 14.0. The first-order chi connectivity index (χ1) is 8.02. The molecular formula is C12H18ClN3O. The average molecular weight is 256 g/mol. The van der Waals surface area contributed by atoms with Crippen molar-refractivity contribution in [3.8, 4) is 0 Å². The predicted molar refractivity (Wildman–Crippen MR) is 70.4 cm³/mol. The van der Waals surface area contributed by atoms with Gasteiger partial charge in [-0.15, -0.1) is 0 Å². The summed E-state index contributed by atoms with van der Waals surface area (Å²) in [5.74, 6) is 0.283. The Bertz CT molecular complexity index is 378. The highest BCUT2D eigenvalue weighted by atomic mass is 35.5. The average Bonchev–Trinajstić information content (AvgIpc) is 2.30. The van der Waals surface area contributed by atoms with E-state index < -0.39 is 0 Å². The van der Waals surface area contributed by atoms with E-state index in [0.29, 0.717) is 0 Å². The number of benzene rings is 1. The summed E-state index contributed by atoms with van der Waals surface area (Å²) in [6.07, 6.45) is 0. The number of nitrogens with zero attached hydrogens (tertiary/aromatic N) is 2. The lowest BCUT2D eigenvalue weighted by molar-refractivity contribution is 0.290. The topological polar surface area (TPSA) is 61.8 Å². The van der Waals surface area contributed by atoms with Crippen molar-refractivity contribution in [2.75, 3.05) is 13.6 Å². The minimum absolute atomic E-state index is 0.0253. The zero-order valence-corrected chi connectivity index (χ0v) is 10.9. The number of amidine groups is 1. The van der Waals surface area contributed by atoms with Crippen LogP contribution in [0.2, 0.25) is 5.02 Å². The molecule has 1 aromatic rings. The van der Waals surface area contributed by atoms with E-state index in [1.807, 2.05) is 38.2 Å². The van der Waals surface area contributed by atoms with Gasteiger partial charge in [-0.2, -0.15) is 0 Å². The molecule has 0 aliphatic carbocycles. The molecule has 3 N–H and O–H groups in total. The maximum Gasteiger partial charge on any atom is 0.143 e. The molecule has 5 heteroatoms. The maximum absolute atomic E-state index is 8.57. The van der Waals surface area contributed by atoms with Gasteiger partial charge in [-0.3, -0.25) is 0 Å². The molecular weight excluding hydrogens is 238 g/mol. The molecule has 1 rings (SSSR count). The van der Waals surface area contributed by atoms with E-state index in [9.17, 15) is 0 Å². The minimum atomic E-state index is 0.0253. The Kier molecular flexibility index (Phi) is 5.25. The van der Waals surface area contributed by atoms with Crippen LogP contribution in [-0.4, -0.2) is 29.5 Å². The van der Waals surface area contributed by atoms with Crippen molar-refractivity contribution in [1.82, 2.24) is 4.90 Å². The SMILES string of the molecule is CC(CN(C)Cc1ccc(Cl)cc1)C(N)=NO. The number of hydrogen-bond donors (Lipinski definition) is 2. The smallest absolute Gasteiger partial charge is 0.143 e. The molecule has 0 heterocycles. The van der Waals surface area contributed by atoms with Gasteiger partial charge in [-0.05, 0) is 24.7 Å². The van der Waals surface area contributed by atoms with Gasteiger partial charge in [-0.25, -0.2) is 0 Å². The van der Waals surface area contributed by atoms with Crippen LogP contribution in [0.4, 0.5) is 0 Å². The van der Waals surface area contributed by atoms with Crippen LogP contribution in [0.5, 0.6) is 0 Å². The van der Waals surface area contributed by atoms with Crippen LogP contribution in [0.3, 0.4) is 0 Å². The van der Waals surface area contributed by atoms with Crippen LogP contribution < -0.4 is 5.73 Å². The quantitative estimate of drug-likeness (QED) is 0.367. The Morgan fingerprint density at radius 3 is 2.59 bits per heavy atom. The van der Waals surface area contributed by atoms with Gasteiger partial charge in [-0.1, -0.05) is 35.8 Å². The Morgan fingerprint density at radius 1 is 1.47 bits per heavy atom. The Morgan fingerprint density at radius 2 is 2.06 bits per heavy atom. The molecule has 0 fully saturated rings. The second-order valence-corrected chi connectivity index (χ2v) is 4.69. The van der Waals surface area contributed by atoms with Gasteiger partial charge in [0.2, 0.25) is 0 Å². The predicted octanol–water partition coefficient (Wildman–Crippen LogP) is 2.15. The molecule has 0 saturated carbocycles. The minimum Gasteiger partial charge on any atom is -0.409 e. The van der Waals surface area contributed by atoms with Gasteiger partial charge in [0.25, 0.3) is 0 Å². The van der Waals surface area contributed by atoms with Crippen molar-refractivity contribution in [1.29, 1.82) is 0 Å². The lowest BCUT2D eigenvalue weighted by atomic mass is 10.1. The Hall–Kier alpha value is -1.26. The van der Waals surface area contributed by atoms with Crippen LogP contribution in [0.25, 0.3) is 0 Å². The fourth-order valence-corrected chi connectivity index (χ4v) is 1.75. The van der Waals surface area contributed by atoms with Crippen LogP contribution >= 0.6 is 11.6 Å². The van der Waals surface area contributed by atoms with Crippen molar-refractivity contribution >= 4 is 17.4 Å². The lowest BCUT2D eigenvalue weighted by Crippen LogP contribution is -2.32. The third kappa shape index (κ3) is 4.63. The van der Waals surface area contributed by atoms with Gasteiger partial charge in [0.15, 0.2) is 0 Å². The molecule has 1 aromatic carbocycles. The first-order valence-electron chi connectivity index (χ1n) is 5.43. The van der Waals surface area contributed by atoms with Crippen LogP contribution in [-0.2, 0) is 6.54 Å². The van der Waals surface area contributed by atoms with Crippen LogP contribution in [0.1, 0.15) is 12.5 Å². The standard InChI is InChI=1S/C12H18ClN3O/c1-9(12(14)15-17)7-16(2)8-10-3-5-11(13)6-4-10/h3-6,9,17H,7-8H2,1-2H3,(H2,14,15). The fourth-order valence-electron chi connectivity index (χ4n) is 1.63. The molecule has 0 aromatic heterocycles. The summed E-state index contributed by atoms with van der Waals surface area (Å²) in [7, 11) is 2.00. The van der Waals surface area contributed by atoms with E-state index in [1.165, 1.54) is 5.56 Å². The summed E-state index contributed by atoms with van der Waals surface area (Å²) in [6.45, 7) is 3.46. The van der Waals surface area contributed by atoms with E-state index in [1.54, 1.807) is 0 Å². The second-order valence-electron chi connectivity index (χ2n) is 4.25. The summed E-state index contributed by atoms with van der Waals surface area (Å²) in [5.41, 5.74) is 6.72. The fraction of sp³-hybridized carbons (Fsp3) is 0.417. The number of halogens is 1. The highest BCUT2D eigenvalue weighted by molar-refractivity contribution is 6.30. The van der Waals surface area contributed by atoms with Crippen molar-refractivity contribution in [3.63, 3.8) is 0 Å². The number of hydrogen-bond acceptors (Lipinski definition) is 3. The Balaban J connectivity index is 2.49. The first kappa shape index (κ1) is 13.8. The summed E-state index contributed by atoms with van der Waals surface area (Å²) < 4.78 is 0. The monoisotopic (exact) mass is 255 g/mol. The van der Waals surface area contributed by atoms with Gasteiger partial charge in [0.05, 0.1) is 0 Å². The molecule has 0 spiro atoms. The molecule has 1 unspecified atom stereocenters. The third-order valence-electron chi connectivity index (χ3n) is 2.57. The van der Waals surface area contributed by atoms with E-state index in [0.717, 1.165) is 18.1 Å². The van der Waals surface area contributed by atoms with Gasteiger partial charge in [0, 0.05) is 24.0 Å². The number of rotatable bonds is 5. The van der Waals surface area contributed by atoms with Gasteiger partial charge >= 0.3 is 0 Å². The molecule has 17 heavy (non-hydrogen) atoms. The highest BCUT2D eigenvalue weighted by Crippen LogP contribution is 2.11. The van der Waals surface area contributed by atoms with Crippen LogP contribution in [0, 0.1) is 5.92 Å². The third-order valence-corrected chi connectivity index (χ3v) is 2.82. The largest absolute Gasteiger partial charge is 0.409 e. The van der Waals surface area contributed by atoms with Gasteiger partial charge in [0.1, 0.15) is 5.84 Å². The van der Waals surface area contributed by atoms with E-state index in [-0.39, 0.29) is 11.8 Å². The summed E-state index contributed by atoms with van der Waals surface area (Å²) in [6, 6.07) is 7.73. The van der Waals surface area contributed by atoms with E-state index >= 15 is 0 Å². The summed E-state index contributed by atoms with van der Waals surface area (Å²) in [4.78, 5) is 2.12. The number of nitrogens with two attached hydrogens (primary N) is 1.